The van der Waals surface area contributed by atoms with E-state index in [9.17, 15) is 0 Å². The summed E-state index contributed by atoms with van der Waals surface area (Å²) in [6, 6.07) is 8.38. The summed E-state index contributed by atoms with van der Waals surface area (Å²) in [6.45, 7) is 0. The average molecular weight is 314 g/mol. The zero-order chi connectivity index (χ0) is 13.1. The summed E-state index contributed by atoms with van der Waals surface area (Å²) in [7, 11) is 0. The van der Waals surface area contributed by atoms with E-state index in [0.717, 1.165) is 32.3 Å². The minimum atomic E-state index is 0.956. The van der Waals surface area contributed by atoms with Gasteiger partial charge in [-0.05, 0) is 23.6 Å². The van der Waals surface area contributed by atoms with E-state index < -0.39 is 0 Å². The molecule has 3 nitrogen and oxygen atoms in total. The maximum Gasteiger partial charge on any atom is 0.152 e. The quantitative estimate of drug-likeness (QED) is 0.417. The van der Waals surface area contributed by atoms with Crippen molar-refractivity contribution in [3.05, 3.63) is 35.9 Å². The summed E-state index contributed by atoms with van der Waals surface area (Å²) in [5.41, 5.74) is 4.09. The maximum atomic E-state index is 5.64. The topological polar surface area (TPSA) is 38.9 Å². The van der Waals surface area contributed by atoms with Gasteiger partial charge in [-0.1, -0.05) is 6.07 Å². The molecule has 0 aliphatic heterocycles. The molecule has 0 fully saturated rings. The third-order valence-electron chi connectivity index (χ3n) is 3.36. The molecule has 0 atom stereocenters. The van der Waals surface area contributed by atoms with Crippen LogP contribution in [0.15, 0.2) is 40.3 Å². The Kier molecular flexibility index (Phi) is 2.13. The third kappa shape index (κ3) is 1.33. The van der Waals surface area contributed by atoms with Gasteiger partial charge in [-0.25, -0.2) is 0 Å². The van der Waals surface area contributed by atoms with Crippen molar-refractivity contribution < 1.29 is 4.42 Å². The smallest absolute Gasteiger partial charge is 0.152 e. The Labute approximate surface area is 125 Å². The molecular weight excluding hydrogens is 308 g/mol. The first-order valence-corrected chi connectivity index (χ1v) is 8.43. The minimum absolute atomic E-state index is 0.956. The van der Waals surface area contributed by atoms with Crippen molar-refractivity contribution in [1.29, 1.82) is 0 Å². The fourth-order valence-corrected chi connectivity index (χ4v) is 4.96. The molecule has 4 aromatic heterocycles. The van der Waals surface area contributed by atoms with E-state index in [1.165, 1.54) is 21.3 Å². The van der Waals surface area contributed by atoms with Crippen LogP contribution < -0.4 is 0 Å². The Morgan fingerprint density at radius 1 is 1.10 bits per heavy atom. The number of benzene rings is 1. The van der Waals surface area contributed by atoms with E-state index in [1.54, 1.807) is 28.9 Å². The molecule has 0 amide bonds. The molecule has 0 saturated carbocycles. The summed E-state index contributed by atoms with van der Waals surface area (Å²) in [5.74, 6) is 0. The predicted octanol–water partition coefficient (Wildman–Crippen LogP) is 5.38. The molecule has 5 rings (SSSR count). The summed E-state index contributed by atoms with van der Waals surface area (Å²) in [5, 5.41) is 3.22. The van der Waals surface area contributed by atoms with Gasteiger partial charge in [-0.3, -0.25) is 0 Å². The van der Waals surface area contributed by atoms with Crippen molar-refractivity contribution in [2.45, 2.75) is 0 Å². The standard InChI is InChI=1S/C14H6N2OS3/c1-2-9(18-5-1)7-6-8-13-10(3-4-17-13)19-14(8)12-11(7)15-20-16-12/h1-6H. The first kappa shape index (κ1) is 11.0. The van der Waals surface area contributed by atoms with Gasteiger partial charge in [0.2, 0.25) is 0 Å². The fourth-order valence-electron chi connectivity index (χ4n) is 2.50. The van der Waals surface area contributed by atoms with Crippen LogP contribution in [0.1, 0.15) is 0 Å². The van der Waals surface area contributed by atoms with Crippen LogP contribution >= 0.6 is 34.4 Å². The molecule has 0 aliphatic carbocycles. The first-order chi connectivity index (χ1) is 9.92. The molecule has 0 bridgehead atoms. The molecule has 0 aliphatic rings. The fraction of sp³-hybridized carbons (Fsp3) is 0. The van der Waals surface area contributed by atoms with Crippen LogP contribution in [0.25, 0.3) is 41.8 Å². The van der Waals surface area contributed by atoms with Crippen molar-refractivity contribution in [3.63, 3.8) is 0 Å². The van der Waals surface area contributed by atoms with E-state index >= 15 is 0 Å². The molecule has 4 heterocycles. The van der Waals surface area contributed by atoms with Crippen molar-refractivity contribution in [2.24, 2.45) is 0 Å². The number of hydrogen-bond acceptors (Lipinski definition) is 6. The number of furan rings is 1. The van der Waals surface area contributed by atoms with Crippen LogP contribution in [0.2, 0.25) is 0 Å². The van der Waals surface area contributed by atoms with Crippen LogP contribution in [0.4, 0.5) is 0 Å². The number of nitrogens with zero attached hydrogens (tertiary/aromatic N) is 2. The monoisotopic (exact) mass is 314 g/mol. The molecule has 0 saturated heterocycles. The van der Waals surface area contributed by atoms with Gasteiger partial charge >= 0.3 is 0 Å². The third-order valence-corrected chi connectivity index (χ3v) is 5.95. The van der Waals surface area contributed by atoms with E-state index in [2.05, 4.69) is 32.3 Å². The van der Waals surface area contributed by atoms with Crippen molar-refractivity contribution in [3.8, 4) is 10.4 Å². The minimum Gasteiger partial charge on any atom is -0.463 e. The van der Waals surface area contributed by atoms with Gasteiger partial charge in [0.1, 0.15) is 11.0 Å². The molecule has 6 heteroatoms. The molecule has 96 valence electrons. The molecule has 0 spiro atoms. The van der Waals surface area contributed by atoms with Gasteiger partial charge in [0.05, 0.1) is 27.4 Å². The van der Waals surface area contributed by atoms with Gasteiger partial charge in [-0.2, -0.15) is 8.75 Å². The van der Waals surface area contributed by atoms with Crippen LogP contribution in [0.5, 0.6) is 0 Å². The lowest BCUT2D eigenvalue weighted by molar-refractivity contribution is 0.619. The van der Waals surface area contributed by atoms with Gasteiger partial charge in [-0.15, -0.1) is 22.7 Å². The lowest BCUT2D eigenvalue weighted by Crippen LogP contribution is -1.78. The Morgan fingerprint density at radius 3 is 2.95 bits per heavy atom. The molecule has 20 heavy (non-hydrogen) atoms. The molecule has 5 aromatic rings. The maximum absolute atomic E-state index is 5.64. The number of aromatic nitrogens is 2. The zero-order valence-corrected chi connectivity index (χ0v) is 12.4. The highest BCUT2D eigenvalue weighted by molar-refractivity contribution is 7.26. The van der Waals surface area contributed by atoms with Gasteiger partial charge < -0.3 is 4.42 Å². The van der Waals surface area contributed by atoms with Crippen LogP contribution in [0.3, 0.4) is 0 Å². The average Bonchev–Trinajstić information content (AvgIpc) is 3.21. The van der Waals surface area contributed by atoms with Crippen LogP contribution in [-0.4, -0.2) is 8.75 Å². The summed E-state index contributed by atoms with van der Waals surface area (Å²) in [4.78, 5) is 1.22. The number of thiophene rings is 2. The van der Waals surface area contributed by atoms with Gasteiger partial charge in [0, 0.05) is 15.8 Å². The van der Waals surface area contributed by atoms with E-state index in [0.29, 0.717) is 0 Å². The molecule has 0 unspecified atom stereocenters. The Bertz CT molecular complexity index is 1050. The van der Waals surface area contributed by atoms with Crippen molar-refractivity contribution >= 4 is 65.8 Å². The Hall–Kier alpha value is -1.76. The van der Waals surface area contributed by atoms with E-state index in [4.69, 9.17) is 4.42 Å². The molecular formula is C14H6N2OS3. The number of hydrogen-bond donors (Lipinski definition) is 0. The molecule has 1 aromatic carbocycles. The predicted molar refractivity (Wildman–Crippen MR) is 85.9 cm³/mol. The van der Waals surface area contributed by atoms with Crippen molar-refractivity contribution in [2.75, 3.05) is 0 Å². The normalized spacial score (nSPS) is 12.0. The summed E-state index contributed by atoms with van der Waals surface area (Å²) < 4.78 is 17.0. The first-order valence-electron chi connectivity index (χ1n) is 6.00. The SMILES string of the molecule is c1csc(-c2cc3c4occc4sc3c3nsnc23)c1. The second-order valence-electron chi connectivity index (χ2n) is 4.46. The second kappa shape index (κ2) is 3.88. The zero-order valence-electron chi connectivity index (χ0n) is 9.99. The highest BCUT2D eigenvalue weighted by atomic mass is 32.1. The number of rotatable bonds is 1. The highest BCUT2D eigenvalue weighted by Gasteiger charge is 2.17. The second-order valence-corrected chi connectivity index (χ2v) is 6.98. The lowest BCUT2D eigenvalue weighted by atomic mass is 10.1. The van der Waals surface area contributed by atoms with Crippen LogP contribution in [-0.2, 0) is 0 Å². The molecule has 0 N–H and O–H groups in total. The number of fused-ring (bicyclic) bond motifs is 5. The van der Waals surface area contributed by atoms with E-state index in [-0.39, 0.29) is 0 Å². The van der Waals surface area contributed by atoms with Crippen molar-refractivity contribution in [1.82, 2.24) is 8.75 Å². The van der Waals surface area contributed by atoms with E-state index in [1.807, 2.05) is 6.07 Å². The largest absolute Gasteiger partial charge is 0.463 e. The van der Waals surface area contributed by atoms with Gasteiger partial charge in [0.15, 0.2) is 5.58 Å². The Balaban J connectivity index is 2.05. The summed E-state index contributed by atoms with van der Waals surface area (Å²) >= 11 is 4.72. The molecule has 0 radical (unpaired) electrons. The lowest BCUT2D eigenvalue weighted by Gasteiger charge is -2.00. The highest BCUT2D eigenvalue weighted by Crippen LogP contribution is 2.42. The van der Waals surface area contributed by atoms with Gasteiger partial charge in [0.25, 0.3) is 0 Å². The van der Waals surface area contributed by atoms with Crippen LogP contribution in [0, 0.1) is 0 Å². The summed E-state index contributed by atoms with van der Waals surface area (Å²) in [6.07, 6.45) is 1.74. The Morgan fingerprint density at radius 2 is 2.05 bits per heavy atom.